The fourth-order valence-electron chi connectivity index (χ4n) is 1.27. The van der Waals surface area contributed by atoms with Gasteiger partial charge in [0.1, 0.15) is 6.29 Å². The monoisotopic (exact) mass is 316 g/mol. The molecule has 0 aliphatic rings. The van der Waals surface area contributed by atoms with Crippen LogP contribution in [0.4, 0.5) is 0 Å². The highest BCUT2D eigenvalue weighted by Crippen LogP contribution is 2.41. The Kier molecular flexibility index (Phi) is 6.50. The second-order valence-corrected chi connectivity index (χ2v) is 18.2. The zero-order valence-electron chi connectivity index (χ0n) is 15.4. The lowest BCUT2D eigenvalue weighted by molar-refractivity contribution is -0.0136. The van der Waals surface area contributed by atoms with E-state index < -0.39 is 16.6 Å². The lowest BCUT2D eigenvalue weighted by atomic mass is 10.2. The van der Waals surface area contributed by atoms with Crippen LogP contribution in [-0.2, 0) is 8.85 Å². The first-order chi connectivity index (χ1) is 8.64. The van der Waals surface area contributed by atoms with E-state index in [2.05, 4.69) is 74.3 Å². The van der Waals surface area contributed by atoms with Crippen LogP contribution in [0.25, 0.3) is 0 Å². The summed E-state index contributed by atoms with van der Waals surface area (Å²) in [6.45, 7) is 26.5. The summed E-state index contributed by atoms with van der Waals surface area (Å²) in [6.07, 6.45) is 2.53. The average molecular weight is 317 g/mol. The molecule has 20 heavy (non-hydrogen) atoms. The lowest BCUT2D eigenvalue weighted by Gasteiger charge is -2.43. The molecule has 0 rings (SSSR count). The third-order valence-electron chi connectivity index (χ3n) is 4.82. The van der Waals surface area contributed by atoms with E-state index in [1.807, 2.05) is 6.08 Å². The smallest absolute Gasteiger partial charge is 0.195 e. The number of hydrogen-bond donors (Lipinski definition) is 0. The first kappa shape index (κ1) is 20.1. The highest BCUT2D eigenvalue weighted by Gasteiger charge is 2.43. The maximum absolute atomic E-state index is 6.45. The molecule has 0 bridgehead atoms. The predicted octanol–water partition coefficient (Wildman–Crippen LogP) is 5.93. The first-order valence-electron chi connectivity index (χ1n) is 7.60. The Bertz CT molecular complexity index is 294. The molecule has 0 saturated carbocycles. The van der Waals surface area contributed by atoms with Gasteiger partial charge in [0.05, 0.1) is 0 Å². The van der Waals surface area contributed by atoms with Crippen molar-refractivity contribution in [3.63, 3.8) is 0 Å². The fraction of sp³-hybridized carbons (Fsp3) is 0.875. The molecule has 0 heterocycles. The summed E-state index contributed by atoms with van der Waals surface area (Å²) in [7, 11) is -3.63. The van der Waals surface area contributed by atoms with Crippen molar-refractivity contribution in [1.82, 2.24) is 0 Å². The topological polar surface area (TPSA) is 18.5 Å². The van der Waals surface area contributed by atoms with Crippen LogP contribution in [0.15, 0.2) is 12.7 Å². The van der Waals surface area contributed by atoms with Gasteiger partial charge in [-0.3, -0.25) is 0 Å². The molecule has 0 amide bonds. The summed E-state index contributed by atoms with van der Waals surface area (Å²) < 4.78 is 12.9. The van der Waals surface area contributed by atoms with Gasteiger partial charge in [-0.05, 0) is 36.3 Å². The van der Waals surface area contributed by atoms with Gasteiger partial charge >= 0.3 is 0 Å². The van der Waals surface area contributed by atoms with Crippen molar-refractivity contribution >= 4 is 16.6 Å². The van der Waals surface area contributed by atoms with E-state index in [4.69, 9.17) is 8.85 Å². The second-order valence-electron chi connectivity index (χ2n) is 8.71. The van der Waals surface area contributed by atoms with Crippen LogP contribution in [0.2, 0.25) is 36.3 Å². The van der Waals surface area contributed by atoms with Crippen LogP contribution in [0, 0.1) is 0 Å². The molecule has 0 aromatic rings. The van der Waals surface area contributed by atoms with Gasteiger partial charge in [0.25, 0.3) is 0 Å². The quantitative estimate of drug-likeness (QED) is 0.343. The normalized spacial score (nSPS) is 14.8. The SMILES string of the molecule is C=CCC(O[Si](C)(C)C(C)(C)C)O[Si](C)(C)C(C)(C)C. The van der Waals surface area contributed by atoms with Gasteiger partial charge < -0.3 is 8.85 Å². The maximum atomic E-state index is 6.45. The Morgan fingerprint density at radius 2 is 1.15 bits per heavy atom. The van der Waals surface area contributed by atoms with Crippen LogP contribution < -0.4 is 0 Å². The summed E-state index contributed by atoms with van der Waals surface area (Å²) in [5, 5.41) is 0.395. The van der Waals surface area contributed by atoms with Crippen molar-refractivity contribution in [2.24, 2.45) is 0 Å². The molecule has 0 radical (unpaired) electrons. The second kappa shape index (κ2) is 6.47. The molecule has 0 fully saturated rings. The largest absolute Gasteiger partial charge is 0.393 e. The molecular weight excluding hydrogens is 280 g/mol. The Morgan fingerprint density at radius 1 is 0.850 bits per heavy atom. The molecule has 120 valence electrons. The van der Waals surface area contributed by atoms with Crippen LogP contribution >= 0.6 is 0 Å². The summed E-state index contributed by atoms with van der Waals surface area (Å²) in [5.74, 6) is 0. The molecule has 0 aromatic carbocycles. The van der Waals surface area contributed by atoms with E-state index in [0.717, 1.165) is 6.42 Å². The van der Waals surface area contributed by atoms with E-state index >= 15 is 0 Å². The highest BCUT2D eigenvalue weighted by molar-refractivity contribution is 6.75. The van der Waals surface area contributed by atoms with E-state index in [-0.39, 0.29) is 16.4 Å². The van der Waals surface area contributed by atoms with Crippen LogP contribution in [0.5, 0.6) is 0 Å². The van der Waals surface area contributed by atoms with Crippen molar-refractivity contribution in [2.75, 3.05) is 0 Å². The van der Waals surface area contributed by atoms with Crippen LogP contribution in [0.1, 0.15) is 48.0 Å². The lowest BCUT2D eigenvalue weighted by Crippen LogP contribution is -2.50. The molecule has 0 aromatic heterocycles. The standard InChI is InChI=1S/C16H36O2Si2/c1-12-13-14(17-19(8,9)15(2,3)4)18-20(10,11)16(5,6)7/h12,14H,1,13H2,2-11H3. The maximum Gasteiger partial charge on any atom is 0.195 e. The molecule has 0 N–H and O–H groups in total. The Labute approximate surface area is 129 Å². The average Bonchev–Trinajstić information content (AvgIpc) is 2.12. The molecule has 4 heteroatoms. The minimum atomic E-state index is -1.81. The zero-order chi connectivity index (χ0) is 16.4. The molecule has 2 nitrogen and oxygen atoms in total. The van der Waals surface area contributed by atoms with Gasteiger partial charge in [-0.25, -0.2) is 0 Å². The van der Waals surface area contributed by atoms with Crippen LogP contribution in [0.3, 0.4) is 0 Å². The van der Waals surface area contributed by atoms with Gasteiger partial charge in [0.2, 0.25) is 0 Å². The summed E-state index contributed by atoms with van der Waals surface area (Å²) in [6, 6.07) is 0. The van der Waals surface area contributed by atoms with Gasteiger partial charge in [-0.15, -0.1) is 6.58 Å². The third kappa shape index (κ3) is 5.47. The molecule has 0 spiro atoms. The molecule has 0 saturated heterocycles. The van der Waals surface area contributed by atoms with Crippen molar-refractivity contribution in [1.29, 1.82) is 0 Å². The minimum Gasteiger partial charge on any atom is -0.393 e. The predicted molar refractivity (Wildman–Crippen MR) is 95.2 cm³/mol. The highest BCUT2D eigenvalue weighted by atomic mass is 28.4. The molecule has 0 unspecified atom stereocenters. The summed E-state index contributed by atoms with van der Waals surface area (Å²) in [4.78, 5) is 0. The third-order valence-corrected chi connectivity index (χ3v) is 13.8. The van der Waals surface area contributed by atoms with Crippen molar-refractivity contribution < 1.29 is 8.85 Å². The summed E-state index contributed by atoms with van der Waals surface area (Å²) >= 11 is 0. The Balaban J connectivity index is 5.06. The van der Waals surface area contributed by atoms with E-state index in [0.29, 0.717) is 0 Å². The Hall–Kier alpha value is 0.0938. The summed E-state index contributed by atoms with van der Waals surface area (Å²) in [5.41, 5.74) is 0. The van der Waals surface area contributed by atoms with E-state index in [1.165, 1.54) is 0 Å². The van der Waals surface area contributed by atoms with Gasteiger partial charge in [-0.2, -0.15) is 0 Å². The molecule has 0 aliphatic heterocycles. The molecule has 0 atom stereocenters. The van der Waals surface area contributed by atoms with Gasteiger partial charge in [0, 0.05) is 6.42 Å². The van der Waals surface area contributed by atoms with Crippen molar-refractivity contribution in [3.8, 4) is 0 Å². The Morgan fingerprint density at radius 3 is 1.35 bits per heavy atom. The minimum absolute atomic E-state index is 0.144. The van der Waals surface area contributed by atoms with Gasteiger partial charge in [-0.1, -0.05) is 47.6 Å². The zero-order valence-corrected chi connectivity index (χ0v) is 17.4. The number of rotatable bonds is 6. The van der Waals surface area contributed by atoms with E-state index in [1.54, 1.807) is 0 Å². The molecule has 0 aliphatic carbocycles. The number of hydrogen-bond acceptors (Lipinski definition) is 2. The van der Waals surface area contributed by atoms with Crippen molar-refractivity contribution in [3.05, 3.63) is 12.7 Å². The van der Waals surface area contributed by atoms with Crippen LogP contribution in [-0.4, -0.2) is 22.9 Å². The first-order valence-corrected chi connectivity index (χ1v) is 13.4. The van der Waals surface area contributed by atoms with Crippen molar-refractivity contribution in [2.45, 2.75) is 90.5 Å². The fourth-order valence-corrected chi connectivity index (χ4v) is 3.67. The van der Waals surface area contributed by atoms with Gasteiger partial charge in [0.15, 0.2) is 16.6 Å². The van der Waals surface area contributed by atoms with E-state index in [9.17, 15) is 0 Å². The molecular formula is C16H36O2Si2.